The molecule has 172 valence electrons. The van der Waals surface area contributed by atoms with Gasteiger partial charge in [0, 0.05) is 26.7 Å². The van der Waals surface area contributed by atoms with Crippen LogP contribution in [0.3, 0.4) is 0 Å². The van der Waals surface area contributed by atoms with Gasteiger partial charge >= 0.3 is 0 Å². The zero-order valence-electron chi connectivity index (χ0n) is 18.1. The van der Waals surface area contributed by atoms with Gasteiger partial charge in [-0.3, -0.25) is 10.1 Å². The Balaban J connectivity index is 1.27. The molecule has 0 aliphatic heterocycles. The molecule has 0 bridgehead atoms. The summed E-state index contributed by atoms with van der Waals surface area (Å²) >= 11 is 14.8. The summed E-state index contributed by atoms with van der Waals surface area (Å²) in [5, 5.41) is 6.44. The van der Waals surface area contributed by atoms with Crippen molar-refractivity contribution in [2.45, 2.75) is 13.5 Å². The van der Waals surface area contributed by atoms with Crippen LogP contribution in [0.2, 0.25) is 5.02 Å². The highest BCUT2D eigenvalue weighted by atomic mass is 79.9. The van der Waals surface area contributed by atoms with Crippen LogP contribution in [0.4, 0.5) is 0 Å². The summed E-state index contributed by atoms with van der Waals surface area (Å²) in [6.07, 6.45) is 2.94. The van der Waals surface area contributed by atoms with Crippen molar-refractivity contribution in [1.82, 2.24) is 10.6 Å². The van der Waals surface area contributed by atoms with E-state index in [4.69, 9.17) is 32.7 Å². The average molecular weight is 556 g/mol. The summed E-state index contributed by atoms with van der Waals surface area (Å²) in [6.45, 7) is 2.29. The Bertz CT molecular complexity index is 1360. The van der Waals surface area contributed by atoms with Crippen molar-refractivity contribution < 1.29 is 13.6 Å². The molecule has 0 aliphatic carbocycles. The molecule has 8 heteroatoms. The summed E-state index contributed by atoms with van der Waals surface area (Å²) in [5.74, 6) is 2.29. The van der Waals surface area contributed by atoms with Gasteiger partial charge in [-0.25, -0.2) is 0 Å². The molecule has 2 aromatic carbocycles. The maximum Gasteiger partial charge on any atom is 0.250 e. The van der Waals surface area contributed by atoms with Crippen LogP contribution < -0.4 is 10.6 Å². The van der Waals surface area contributed by atoms with Crippen molar-refractivity contribution in [2.24, 2.45) is 0 Å². The van der Waals surface area contributed by atoms with E-state index < -0.39 is 0 Å². The summed E-state index contributed by atoms with van der Waals surface area (Å²) in [6, 6.07) is 20.9. The van der Waals surface area contributed by atoms with E-state index in [0.29, 0.717) is 28.8 Å². The average Bonchev–Trinajstić information content (AvgIpc) is 3.49. The molecule has 0 radical (unpaired) electrons. The second-order valence-electron chi connectivity index (χ2n) is 7.44. The largest absolute Gasteiger partial charge is 0.459 e. The summed E-state index contributed by atoms with van der Waals surface area (Å²) in [5.41, 5.74) is 2.84. The maximum absolute atomic E-state index is 12.2. The Morgan fingerprint density at radius 1 is 1.00 bits per heavy atom. The first-order valence-electron chi connectivity index (χ1n) is 10.4. The number of hydrogen-bond acceptors (Lipinski definition) is 4. The minimum absolute atomic E-state index is 0.200. The fourth-order valence-electron chi connectivity index (χ4n) is 3.11. The van der Waals surface area contributed by atoms with Crippen LogP contribution in [0, 0.1) is 6.92 Å². The molecule has 2 aromatic heterocycles. The van der Waals surface area contributed by atoms with Crippen LogP contribution >= 0.6 is 39.7 Å². The molecule has 2 N–H and O–H groups in total. The van der Waals surface area contributed by atoms with E-state index in [1.165, 1.54) is 6.08 Å². The molecule has 0 fully saturated rings. The minimum atomic E-state index is -0.371. The Labute approximate surface area is 215 Å². The Kier molecular flexibility index (Phi) is 7.67. The predicted octanol–water partition coefficient (Wildman–Crippen LogP) is 7.14. The zero-order chi connectivity index (χ0) is 24.1. The lowest BCUT2D eigenvalue weighted by atomic mass is 10.1. The molecule has 0 unspecified atom stereocenters. The lowest BCUT2D eigenvalue weighted by Crippen LogP contribution is -2.37. The summed E-state index contributed by atoms with van der Waals surface area (Å²) < 4.78 is 12.6. The molecule has 0 saturated heterocycles. The first-order chi connectivity index (χ1) is 16.4. The fourth-order valence-corrected chi connectivity index (χ4v) is 3.73. The van der Waals surface area contributed by atoms with E-state index in [-0.39, 0.29) is 11.0 Å². The van der Waals surface area contributed by atoms with Gasteiger partial charge in [-0.1, -0.05) is 51.8 Å². The number of halogens is 2. The van der Waals surface area contributed by atoms with Crippen molar-refractivity contribution in [3.63, 3.8) is 0 Å². The van der Waals surface area contributed by atoms with Crippen LogP contribution in [0.25, 0.3) is 28.7 Å². The number of nitrogens with one attached hydrogen (secondary N) is 2. The van der Waals surface area contributed by atoms with E-state index in [0.717, 1.165) is 26.9 Å². The van der Waals surface area contributed by atoms with E-state index in [2.05, 4.69) is 26.6 Å². The number of thiocarbonyl (C=S) groups is 1. The fraction of sp³-hybridized carbons (Fsp3) is 0.0769. The molecule has 4 rings (SSSR count). The highest BCUT2D eigenvalue weighted by Crippen LogP contribution is 2.27. The van der Waals surface area contributed by atoms with Gasteiger partial charge in [-0.2, -0.15) is 0 Å². The highest BCUT2D eigenvalue weighted by molar-refractivity contribution is 9.10. The van der Waals surface area contributed by atoms with Gasteiger partial charge in [0.1, 0.15) is 23.0 Å². The van der Waals surface area contributed by atoms with Crippen LogP contribution in [-0.4, -0.2) is 11.0 Å². The number of carbonyl (C=O) groups excluding carboxylic acids is 1. The van der Waals surface area contributed by atoms with Gasteiger partial charge in [-0.15, -0.1) is 0 Å². The molecule has 5 nitrogen and oxygen atoms in total. The maximum atomic E-state index is 12.2. The van der Waals surface area contributed by atoms with Gasteiger partial charge in [0.25, 0.3) is 0 Å². The molecule has 2 heterocycles. The number of hydrogen-bond donors (Lipinski definition) is 2. The Morgan fingerprint density at radius 2 is 1.71 bits per heavy atom. The highest BCUT2D eigenvalue weighted by Gasteiger charge is 2.08. The quantitative estimate of drug-likeness (QED) is 0.196. The second-order valence-corrected chi connectivity index (χ2v) is 9.18. The summed E-state index contributed by atoms with van der Waals surface area (Å²) in [7, 11) is 0. The number of aryl methyl sites for hydroxylation is 1. The molecule has 1 amide bonds. The van der Waals surface area contributed by atoms with Crippen molar-refractivity contribution in [2.75, 3.05) is 0 Å². The van der Waals surface area contributed by atoms with Crippen LogP contribution in [0.1, 0.15) is 17.1 Å². The molecule has 4 aromatic rings. The normalized spacial score (nSPS) is 11.0. The number of amides is 1. The van der Waals surface area contributed by atoms with Crippen molar-refractivity contribution in [1.29, 1.82) is 0 Å². The first-order valence-corrected chi connectivity index (χ1v) is 11.9. The number of carbonyl (C=O) groups is 1. The van der Waals surface area contributed by atoms with Crippen LogP contribution in [0.5, 0.6) is 0 Å². The van der Waals surface area contributed by atoms with E-state index in [1.54, 1.807) is 12.1 Å². The molecule has 0 spiro atoms. The topological polar surface area (TPSA) is 67.4 Å². The third-order valence-corrected chi connectivity index (χ3v) is 6.11. The number of benzene rings is 2. The minimum Gasteiger partial charge on any atom is -0.459 e. The molecular formula is C26H20BrClN2O3S. The predicted molar refractivity (Wildman–Crippen MR) is 142 cm³/mol. The monoisotopic (exact) mass is 554 g/mol. The molecule has 34 heavy (non-hydrogen) atoms. The van der Waals surface area contributed by atoms with Gasteiger partial charge in [0.15, 0.2) is 5.11 Å². The van der Waals surface area contributed by atoms with Gasteiger partial charge in [-0.05, 0) is 73.2 Å². The lowest BCUT2D eigenvalue weighted by molar-refractivity contribution is -0.115. The number of rotatable bonds is 6. The number of furan rings is 2. The molecule has 0 aliphatic rings. The third-order valence-electron chi connectivity index (χ3n) is 4.93. The van der Waals surface area contributed by atoms with Crippen molar-refractivity contribution in [3.05, 3.63) is 99.4 Å². The van der Waals surface area contributed by atoms with Crippen molar-refractivity contribution in [3.8, 4) is 22.6 Å². The smallest absolute Gasteiger partial charge is 0.250 e. The Morgan fingerprint density at radius 3 is 2.47 bits per heavy atom. The van der Waals surface area contributed by atoms with Crippen LogP contribution in [-0.2, 0) is 11.3 Å². The zero-order valence-corrected chi connectivity index (χ0v) is 21.3. The van der Waals surface area contributed by atoms with E-state index >= 15 is 0 Å². The van der Waals surface area contributed by atoms with Gasteiger partial charge in [0.2, 0.25) is 5.91 Å². The lowest BCUT2D eigenvalue weighted by Gasteiger charge is -2.06. The first kappa shape index (κ1) is 24.0. The molecule has 0 atom stereocenters. The van der Waals surface area contributed by atoms with Gasteiger partial charge in [0.05, 0.1) is 6.54 Å². The Hall–Kier alpha value is -3.13. The van der Waals surface area contributed by atoms with E-state index in [9.17, 15) is 4.79 Å². The van der Waals surface area contributed by atoms with Gasteiger partial charge < -0.3 is 14.2 Å². The standard InChI is InChI=1S/C26H20BrClN2O3S/c1-16-2-3-18(14-22(16)28)24-11-8-20(32-24)10-13-25(31)30-26(34)29-15-21-9-12-23(33-21)17-4-6-19(27)7-5-17/h2-14H,15H2,1H3,(H2,29,30,31,34)/b13-10+. The third kappa shape index (κ3) is 6.26. The molecule has 0 saturated carbocycles. The summed E-state index contributed by atoms with van der Waals surface area (Å²) in [4.78, 5) is 12.2. The van der Waals surface area contributed by atoms with E-state index in [1.807, 2.05) is 67.6 Å². The second kappa shape index (κ2) is 10.9. The SMILES string of the molecule is Cc1ccc(-c2ccc(/C=C/C(=O)NC(=S)NCc3ccc(-c4ccc(Br)cc4)o3)o2)cc1Cl. The molecular weight excluding hydrogens is 536 g/mol. The van der Waals surface area contributed by atoms with Crippen molar-refractivity contribution >= 4 is 56.8 Å². The van der Waals surface area contributed by atoms with Crippen LogP contribution in [0.15, 0.2) is 86.1 Å².